The van der Waals surface area contributed by atoms with E-state index in [-0.39, 0.29) is 34.2 Å². The van der Waals surface area contributed by atoms with Gasteiger partial charge in [0, 0.05) is 23.8 Å². The third kappa shape index (κ3) is 7.03. The lowest BCUT2D eigenvalue weighted by Gasteiger charge is -2.13. The summed E-state index contributed by atoms with van der Waals surface area (Å²) in [5, 5.41) is 35.1. The molecule has 3 rings (SSSR count). The van der Waals surface area contributed by atoms with E-state index in [1.165, 1.54) is 24.3 Å². The molecule has 0 heterocycles. The fourth-order valence-corrected chi connectivity index (χ4v) is 4.97. The van der Waals surface area contributed by atoms with Gasteiger partial charge in [0.25, 0.3) is 0 Å². The Morgan fingerprint density at radius 1 is 0.971 bits per heavy atom. The van der Waals surface area contributed by atoms with Gasteiger partial charge in [-0.15, -0.1) is 0 Å². The van der Waals surface area contributed by atoms with Gasteiger partial charge in [-0.2, -0.15) is 0 Å². The predicted molar refractivity (Wildman–Crippen MR) is 134 cm³/mol. The van der Waals surface area contributed by atoms with Gasteiger partial charge in [0.05, 0.1) is 28.1 Å². The quantitative estimate of drug-likeness (QED) is 0.231. The number of hydrogen-bond donors (Lipinski definition) is 5. The van der Waals surface area contributed by atoms with E-state index in [1.54, 1.807) is 36.4 Å². The lowest BCUT2D eigenvalue weighted by atomic mass is 10.1. The average Bonchev–Trinajstić information content (AvgIpc) is 2.85. The molecule has 8 nitrogen and oxygen atoms in total. The molecule has 186 valence electrons. The number of aliphatic hydroxyl groups excluding tert-OH is 2. The van der Waals surface area contributed by atoms with Crippen molar-refractivity contribution in [1.82, 2.24) is 5.32 Å². The zero-order valence-electron chi connectivity index (χ0n) is 18.8. The molecule has 0 saturated carbocycles. The number of nitrogens with one attached hydrogen (secondary N) is 2. The summed E-state index contributed by atoms with van der Waals surface area (Å²) < 4.78 is 26.1. The van der Waals surface area contributed by atoms with Crippen LogP contribution in [0.5, 0.6) is 0 Å². The normalized spacial score (nSPS) is 12.3. The van der Waals surface area contributed by atoms with Crippen LogP contribution in [0.2, 0.25) is 5.02 Å². The lowest BCUT2D eigenvalue weighted by molar-refractivity contribution is 0.0697. The number of anilines is 1. The van der Waals surface area contributed by atoms with E-state index in [0.717, 1.165) is 17.2 Å². The van der Waals surface area contributed by atoms with Gasteiger partial charge in [0.1, 0.15) is 0 Å². The second-order valence-corrected chi connectivity index (χ2v) is 10.2. The van der Waals surface area contributed by atoms with Crippen LogP contribution in [0.15, 0.2) is 76.5 Å². The highest BCUT2D eigenvalue weighted by atomic mass is 35.5. The van der Waals surface area contributed by atoms with Crippen LogP contribution in [0.4, 0.5) is 5.69 Å². The highest BCUT2D eigenvalue weighted by molar-refractivity contribution is 7.91. The van der Waals surface area contributed by atoms with Gasteiger partial charge in [0.2, 0.25) is 9.84 Å². The second kappa shape index (κ2) is 12.1. The summed E-state index contributed by atoms with van der Waals surface area (Å²) in [4.78, 5) is 11.5. The van der Waals surface area contributed by atoms with E-state index in [2.05, 4.69) is 10.6 Å². The number of carboxylic acid groups (broad SMARTS) is 1. The summed E-state index contributed by atoms with van der Waals surface area (Å²) in [6.45, 7) is 0.877. The van der Waals surface area contributed by atoms with E-state index in [0.29, 0.717) is 24.5 Å². The Morgan fingerprint density at radius 2 is 1.69 bits per heavy atom. The number of rotatable bonds is 12. The van der Waals surface area contributed by atoms with Crippen molar-refractivity contribution >= 4 is 33.1 Å². The van der Waals surface area contributed by atoms with Crippen molar-refractivity contribution in [2.75, 3.05) is 31.6 Å². The first kappa shape index (κ1) is 26.7. The van der Waals surface area contributed by atoms with Crippen molar-refractivity contribution < 1.29 is 28.5 Å². The standard InChI is InChI=1S/C25H27ClN2O6S/c26-19-3-1-2-18(14-19)24(30)16-27-11-10-17-4-6-20(7-5-17)35(33,34)21-8-9-23(28-12-13-29)22(15-21)25(31)32/h1-9,14-15,24,27-30H,10-13,16H2,(H,31,32)/t24-/m0/s1. The van der Waals surface area contributed by atoms with Crippen LogP contribution in [0.25, 0.3) is 0 Å². The molecule has 0 spiro atoms. The molecule has 1 atom stereocenters. The van der Waals surface area contributed by atoms with Gasteiger partial charge >= 0.3 is 5.97 Å². The summed E-state index contributed by atoms with van der Waals surface area (Å²) in [5.41, 5.74) is 1.67. The van der Waals surface area contributed by atoms with Crippen molar-refractivity contribution in [3.8, 4) is 0 Å². The van der Waals surface area contributed by atoms with Crippen molar-refractivity contribution in [3.05, 3.63) is 88.4 Å². The predicted octanol–water partition coefficient (Wildman–Crippen LogP) is 3.14. The average molecular weight is 519 g/mol. The molecular formula is C25H27ClN2O6S. The van der Waals surface area contributed by atoms with Gasteiger partial charge in [-0.05, 0) is 66.6 Å². The van der Waals surface area contributed by atoms with Crippen LogP contribution in [-0.4, -0.2) is 55.9 Å². The minimum absolute atomic E-state index is 0.0537. The Labute approximate surface area is 209 Å². The molecule has 0 radical (unpaired) electrons. The Kier molecular flexibility index (Phi) is 9.25. The van der Waals surface area contributed by atoms with Crippen molar-refractivity contribution in [3.63, 3.8) is 0 Å². The molecule has 10 heteroatoms. The van der Waals surface area contributed by atoms with E-state index in [1.807, 2.05) is 0 Å². The number of sulfone groups is 1. The third-order valence-electron chi connectivity index (χ3n) is 5.35. The summed E-state index contributed by atoms with van der Waals surface area (Å²) in [7, 11) is -3.92. The molecule has 0 fully saturated rings. The molecule has 35 heavy (non-hydrogen) atoms. The maximum Gasteiger partial charge on any atom is 0.337 e. The summed E-state index contributed by atoms with van der Waals surface area (Å²) in [6, 6.07) is 17.3. The molecule has 0 aromatic heterocycles. The zero-order valence-corrected chi connectivity index (χ0v) is 20.4. The Morgan fingerprint density at radius 3 is 2.34 bits per heavy atom. The number of halogens is 1. The molecule has 0 amide bonds. The minimum atomic E-state index is -3.92. The van der Waals surface area contributed by atoms with Crippen molar-refractivity contribution in [2.24, 2.45) is 0 Å². The van der Waals surface area contributed by atoms with Gasteiger partial charge in [-0.25, -0.2) is 13.2 Å². The molecule has 3 aromatic rings. The van der Waals surface area contributed by atoms with Crippen molar-refractivity contribution in [1.29, 1.82) is 0 Å². The lowest BCUT2D eigenvalue weighted by Crippen LogP contribution is -2.23. The number of aromatic carboxylic acids is 1. The van der Waals surface area contributed by atoms with Crippen LogP contribution >= 0.6 is 11.6 Å². The Hall–Kier alpha value is -2.95. The van der Waals surface area contributed by atoms with E-state index < -0.39 is 21.9 Å². The fourth-order valence-electron chi connectivity index (χ4n) is 3.49. The molecule has 5 N–H and O–H groups in total. The Bertz CT molecular complexity index is 1270. The number of carbonyl (C=O) groups is 1. The number of benzene rings is 3. The van der Waals surface area contributed by atoms with E-state index in [9.17, 15) is 23.4 Å². The van der Waals surface area contributed by atoms with Gasteiger partial charge in [0.15, 0.2) is 0 Å². The van der Waals surface area contributed by atoms with E-state index in [4.69, 9.17) is 16.7 Å². The van der Waals surface area contributed by atoms with Crippen LogP contribution in [0.1, 0.15) is 27.6 Å². The number of aliphatic hydroxyl groups is 2. The Balaban J connectivity index is 1.62. The number of carboxylic acids is 1. The molecule has 3 aromatic carbocycles. The molecule has 0 saturated heterocycles. The topological polar surface area (TPSA) is 136 Å². The first-order chi connectivity index (χ1) is 16.7. The molecular weight excluding hydrogens is 492 g/mol. The first-order valence-corrected chi connectivity index (χ1v) is 12.8. The minimum Gasteiger partial charge on any atom is -0.478 e. The van der Waals surface area contributed by atoms with Crippen LogP contribution < -0.4 is 10.6 Å². The summed E-state index contributed by atoms with van der Waals surface area (Å²) in [5.74, 6) is -1.27. The molecule has 0 aliphatic carbocycles. The maximum atomic E-state index is 13.0. The molecule has 0 aliphatic rings. The van der Waals surface area contributed by atoms with Crippen molar-refractivity contribution in [2.45, 2.75) is 22.3 Å². The zero-order chi connectivity index (χ0) is 25.4. The molecule has 0 aliphatic heterocycles. The van der Waals surface area contributed by atoms with Crippen LogP contribution in [0, 0.1) is 0 Å². The first-order valence-electron chi connectivity index (χ1n) is 10.9. The van der Waals surface area contributed by atoms with Crippen LogP contribution in [-0.2, 0) is 16.3 Å². The summed E-state index contributed by atoms with van der Waals surface area (Å²) in [6.07, 6.45) is -0.0705. The third-order valence-corrected chi connectivity index (χ3v) is 7.36. The van der Waals surface area contributed by atoms with Gasteiger partial charge in [-0.3, -0.25) is 0 Å². The largest absolute Gasteiger partial charge is 0.478 e. The van der Waals surface area contributed by atoms with E-state index >= 15 is 0 Å². The maximum absolute atomic E-state index is 13.0. The molecule has 0 bridgehead atoms. The highest BCUT2D eigenvalue weighted by Gasteiger charge is 2.21. The monoisotopic (exact) mass is 518 g/mol. The SMILES string of the molecule is O=C(O)c1cc(S(=O)(=O)c2ccc(CCNC[C@H](O)c3cccc(Cl)c3)cc2)ccc1NCCO. The van der Waals surface area contributed by atoms with Gasteiger partial charge < -0.3 is 26.0 Å². The molecule has 0 unspecified atom stereocenters. The van der Waals surface area contributed by atoms with Crippen LogP contribution in [0.3, 0.4) is 0 Å². The smallest absolute Gasteiger partial charge is 0.337 e. The highest BCUT2D eigenvalue weighted by Crippen LogP contribution is 2.26. The number of hydrogen-bond acceptors (Lipinski definition) is 7. The summed E-state index contributed by atoms with van der Waals surface area (Å²) >= 11 is 5.95. The fraction of sp³-hybridized carbons (Fsp3) is 0.240. The van der Waals surface area contributed by atoms with Gasteiger partial charge in [-0.1, -0.05) is 35.9 Å². The second-order valence-electron chi connectivity index (χ2n) is 7.84.